The van der Waals surface area contributed by atoms with Crippen molar-refractivity contribution in [2.45, 2.75) is 44.2 Å². The maximum atomic E-state index is 12.4. The van der Waals surface area contributed by atoms with Gasteiger partial charge >= 0.3 is 0 Å². The molecule has 2 atom stereocenters. The van der Waals surface area contributed by atoms with E-state index >= 15 is 0 Å². The number of hydrogen-bond acceptors (Lipinski definition) is 4. The minimum Gasteiger partial charge on any atom is -0.379 e. The molecule has 0 aromatic rings. The van der Waals surface area contributed by atoms with Crippen molar-refractivity contribution in [1.29, 1.82) is 0 Å². The molecule has 20 heavy (non-hydrogen) atoms. The van der Waals surface area contributed by atoms with E-state index in [1.54, 1.807) is 0 Å². The van der Waals surface area contributed by atoms with Crippen LogP contribution < -0.4 is 5.73 Å². The van der Waals surface area contributed by atoms with Gasteiger partial charge in [0, 0.05) is 25.2 Å². The summed E-state index contributed by atoms with van der Waals surface area (Å²) < 4.78 is 5.32. The predicted molar refractivity (Wildman–Crippen MR) is 77.3 cm³/mol. The van der Waals surface area contributed by atoms with Crippen LogP contribution in [0.2, 0.25) is 0 Å². The SMILES string of the molecule is NC1COCC1C(=O)N1CCC(N2CCCCC2)CC1. The lowest BCUT2D eigenvalue weighted by molar-refractivity contribution is -0.137. The Morgan fingerprint density at radius 3 is 2.30 bits per heavy atom. The van der Waals surface area contributed by atoms with Gasteiger partial charge in [-0.2, -0.15) is 0 Å². The first-order valence-electron chi connectivity index (χ1n) is 8.12. The topological polar surface area (TPSA) is 58.8 Å². The second-order valence-corrected chi connectivity index (χ2v) is 6.46. The fraction of sp³-hybridized carbons (Fsp3) is 0.933. The number of likely N-dealkylation sites (tertiary alicyclic amines) is 2. The van der Waals surface area contributed by atoms with Crippen LogP contribution in [-0.4, -0.2) is 67.2 Å². The van der Waals surface area contributed by atoms with Crippen molar-refractivity contribution in [1.82, 2.24) is 9.80 Å². The van der Waals surface area contributed by atoms with Crippen LogP contribution in [0.3, 0.4) is 0 Å². The van der Waals surface area contributed by atoms with E-state index in [2.05, 4.69) is 4.90 Å². The standard InChI is InChI=1S/C15H27N3O2/c16-14-11-20-10-13(14)15(19)18-8-4-12(5-9-18)17-6-2-1-3-7-17/h12-14H,1-11,16H2. The number of carbonyl (C=O) groups is 1. The van der Waals surface area contributed by atoms with Gasteiger partial charge in [-0.05, 0) is 38.8 Å². The third kappa shape index (κ3) is 3.00. The fourth-order valence-electron chi connectivity index (χ4n) is 3.79. The molecule has 0 bridgehead atoms. The van der Waals surface area contributed by atoms with Crippen molar-refractivity contribution in [3.05, 3.63) is 0 Å². The summed E-state index contributed by atoms with van der Waals surface area (Å²) in [7, 11) is 0. The molecule has 5 nitrogen and oxygen atoms in total. The van der Waals surface area contributed by atoms with Crippen molar-refractivity contribution in [3.63, 3.8) is 0 Å². The Balaban J connectivity index is 1.49. The maximum absolute atomic E-state index is 12.4. The van der Waals surface area contributed by atoms with Gasteiger partial charge < -0.3 is 20.3 Å². The summed E-state index contributed by atoms with van der Waals surface area (Å²) in [6.45, 7) is 5.32. The Morgan fingerprint density at radius 1 is 1.00 bits per heavy atom. The van der Waals surface area contributed by atoms with Crippen LogP contribution in [0.5, 0.6) is 0 Å². The van der Waals surface area contributed by atoms with Crippen LogP contribution in [0.25, 0.3) is 0 Å². The molecule has 0 spiro atoms. The van der Waals surface area contributed by atoms with Gasteiger partial charge in [0.2, 0.25) is 5.91 Å². The number of rotatable bonds is 2. The largest absolute Gasteiger partial charge is 0.379 e. The Bertz CT molecular complexity index is 336. The smallest absolute Gasteiger partial charge is 0.229 e. The first kappa shape index (κ1) is 14.3. The monoisotopic (exact) mass is 281 g/mol. The summed E-state index contributed by atoms with van der Waals surface area (Å²) in [4.78, 5) is 17.1. The highest BCUT2D eigenvalue weighted by Gasteiger charge is 2.36. The van der Waals surface area contributed by atoms with Crippen molar-refractivity contribution >= 4 is 5.91 Å². The van der Waals surface area contributed by atoms with E-state index in [-0.39, 0.29) is 17.9 Å². The van der Waals surface area contributed by atoms with E-state index in [9.17, 15) is 4.79 Å². The average molecular weight is 281 g/mol. The molecule has 0 aromatic heterocycles. The minimum atomic E-state index is -0.110. The number of hydrogen-bond donors (Lipinski definition) is 1. The number of ether oxygens (including phenoxy) is 1. The van der Waals surface area contributed by atoms with Crippen LogP contribution in [0.1, 0.15) is 32.1 Å². The molecule has 0 radical (unpaired) electrons. The van der Waals surface area contributed by atoms with E-state index in [4.69, 9.17) is 10.5 Å². The summed E-state index contributed by atoms with van der Waals surface area (Å²) in [5.41, 5.74) is 5.95. The molecular weight excluding hydrogens is 254 g/mol. The third-order valence-electron chi connectivity index (χ3n) is 5.12. The fourth-order valence-corrected chi connectivity index (χ4v) is 3.79. The van der Waals surface area contributed by atoms with Crippen LogP contribution in [0.4, 0.5) is 0 Å². The average Bonchev–Trinajstić information content (AvgIpc) is 2.94. The summed E-state index contributed by atoms with van der Waals surface area (Å²) >= 11 is 0. The molecule has 3 heterocycles. The van der Waals surface area contributed by atoms with Gasteiger partial charge in [0.05, 0.1) is 19.1 Å². The number of carbonyl (C=O) groups excluding carboxylic acids is 1. The lowest BCUT2D eigenvalue weighted by Crippen LogP contribution is -2.51. The molecule has 3 saturated heterocycles. The van der Waals surface area contributed by atoms with Gasteiger partial charge in [0.25, 0.3) is 0 Å². The van der Waals surface area contributed by atoms with Gasteiger partial charge in [0.15, 0.2) is 0 Å². The first-order chi connectivity index (χ1) is 9.75. The highest BCUT2D eigenvalue weighted by atomic mass is 16.5. The summed E-state index contributed by atoms with van der Waals surface area (Å²) in [5.74, 6) is 0.105. The molecule has 3 aliphatic rings. The van der Waals surface area contributed by atoms with Crippen LogP contribution in [0.15, 0.2) is 0 Å². The van der Waals surface area contributed by atoms with Crippen LogP contribution >= 0.6 is 0 Å². The quantitative estimate of drug-likeness (QED) is 0.798. The highest BCUT2D eigenvalue weighted by Crippen LogP contribution is 2.23. The molecule has 2 N–H and O–H groups in total. The second-order valence-electron chi connectivity index (χ2n) is 6.46. The normalized spacial score (nSPS) is 33.5. The molecule has 5 heteroatoms. The number of amides is 1. The maximum Gasteiger partial charge on any atom is 0.229 e. The molecule has 3 aliphatic heterocycles. The summed E-state index contributed by atoms with van der Waals surface area (Å²) in [6, 6.07) is 0.579. The lowest BCUT2D eigenvalue weighted by atomic mass is 9.97. The van der Waals surface area contributed by atoms with Crippen LogP contribution in [0, 0.1) is 5.92 Å². The molecule has 0 aliphatic carbocycles. The third-order valence-corrected chi connectivity index (χ3v) is 5.12. The Kier molecular flexibility index (Phi) is 4.58. The number of piperidine rings is 2. The van der Waals surface area contributed by atoms with E-state index in [1.165, 1.54) is 32.4 Å². The molecule has 3 rings (SSSR count). The molecule has 1 amide bonds. The molecule has 3 fully saturated rings. The van der Waals surface area contributed by atoms with Gasteiger partial charge in [-0.25, -0.2) is 0 Å². The Hall–Kier alpha value is -0.650. The van der Waals surface area contributed by atoms with Crippen molar-refractivity contribution in [3.8, 4) is 0 Å². The molecule has 0 aromatic carbocycles. The zero-order valence-corrected chi connectivity index (χ0v) is 12.3. The lowest BCUT2D eigenvalue weighted by Gasteiger charge is -2.40. The molecule has 114 valence electrons. The van der Waals surface area contributed by atoms with Gasteiger partial charge in [-0.15, -0.1) is 0 Å². The number of nitrogens with zero attached hydrogens (tertiary/aromatic N) is 2. The van der Waals surface area contributed by atoms with E-state index in [0.717, 1.165) is 25.9 Å². The number of nitrogens with two attached hydrogens (primary N) is 1. The zero-order valence-electron chi connectivity index (χ0n) is 12.3. The van der Waals surface area contributed by atoms with Gasteiger partial charge in [-0.1, -0.05) is 6.42 Å². The van der Waals surface area contributed by atoms with Gasteiger partial charge in [-0.3, -0.25) is 4.79 Å². The van der Waals surface area contributed by atoms with Crippen LogP contribution in [-0.2, 0) is 9.53 Å². The van der Waals surface area contributed by atoms with Crippen molar-refractivity contribution in [2.24, 2.45) is 11.7 Å². The molecular formula is C15H27N3O2. The van der Waals surface area contributed by atoms with Crippen molar-refractivity contribution < 1.29 is 9.53 Å². The van der Waals surface area contributed by atoms with Gasteiger partial charge in [0.1, 0.15) is 0 Å². The Morgan fingerprint density at radius 2 is 1.70 bits per heavy atom. The predicted octanol–water partition coefficient (Wildman–Crippen LogP) is 0.437. The van der Waals surface area contributed by atoms with E-state index < -0.39 is 0 Å². The van der Waals surface area contributed by atoms with E-state index in [1.807, 2.05) is 4.90 Å². The van der Waals surface area contributed by atoms with E-state index in [0.29, 0.717) is 19.3 Å². The molecule has 0 saturated carbocycles. The minimum absolute atomic E-state index is 0.109. The second kappa shape index (κ2) is 6.41. The van der Waals surface area contributed by atoms with Crippen molar-refractivity contribution in [2.75, 3.05) is 39.4 Å². The zero-order chi connectivity index (χ0) is 13.9. The summed E-state index contributed by atoms with van der Waals surface area (Å²) in [6.07, 6.45) is 6.30. The highest BCUT2D eigenvalue weighted by molar-refractivity contribution is 5.80. The first-order valence-corrected chi connectivity index (χ1v) is 8.12. The molecule has 2 unspecified atom stereocenters. The summed E-state index contributed by atoms with van der Waals surface area (Å²) in [5, 5.41) is 0. The Labute approximate surface area is 121 Å².